The van der Waals surface area contributed by atoms with Gasteiger partial charge in [0.1, 0.15) is 0 Å². The summed E-state index contributed by atoms with van der Waals surface area (Å²) in [5.41, 5.74) is 2.39. The monoisotopic (exact) mass is 311 g/mol. The Morgan fingerprint density at radius 1 is 1.19 bits per heavy atom. The van der Waals surface area contributed by atoms with Crippen molar-refractivity contribution >= 4 is 17.3 Å². The molecule has 21 heavy (non-hydrogen) atoms. The highest BCUT2D eigenvalue weighted by molar-refractivity contribution is 6.31. The lowest BCUT2D eigenvalue weighted by atomic mass is 10.1. The van der Waals surface area contributed by atoms with Crippen LogP contribution in [0.1, 0.15) is 38.8 Å². The van der Waals surface area contributed by atoms with E-state index in [1.54, 1.807) is 0 Å². The minimum Gasteiger partial charge on any atom is -0.372 e. The van der Waals surface area contributed by atoms with E-state index >= 15 is 0 Å². The quantitative estimate of drug-likeness (QED) is 0.748. The summed E-state index contributed by atoms with van der Waals surface area (Å²) in [7, 11) is 4.23. The number of halogens is 1. The SMILES string of the molecule is CCNC(C)c1ccc(N(CC)CCCN(C)C)cc1Cl. The second-order valence-electron chi connectivity index (χ2n) is 5.72. The molecule has 0 radical (unpaired) electrons. The molecule has 0 aliphatic heterocycles. The Kier molecular flexibility index (Phi) is 8.09. The molecule has 120 valence electrons. The van der Waals surface area contributed by atoms with E-state index in [2.05, 4.69) is 68.2 Å². The van der Waals surface area contributed by atoms with Crippen molar-refractivity contribution in [2.24, 2.45) is 0 Å². The van der Waals surface area contributed by atoms with Crippen LogP contribution in [0.5, 0.6) is 0 Å². The van der Waals surface area contributed by atoms with Crippen LogP contribution in [0.15, 0.2) is 18.2 Å². The first-order chi connectivity index (χ1) is 9.99. The van der Waals surface area contributed by atoms with Crippen molar-refractivity contribution in [1.29, 1.82) is 0 Å². The summed E-state index contributed by atoms with van der Waals surface area (Å²) in [6.45, 7) is 10.6. The van der Waals surface area contributed by atoms with Gasteiger partial charge in [0.2, 0.25) is 0 Å². The summed E-state index contributed by atoms with van der Waals surface area (Å²) in [6.07, 6.45) is 1.16. The number of hydrogen-bond donors (Lipinski definition) is 1. The van der Waals surface area contributed by atoms with Crippen molar-refractivity contribution in [2.75, 3.05) is 45.2 Å². The largest absolute Gasteiger partial charge is 0.372 e. The van der Waals surface area contributed by atoms with Crippen molar-refractivity contribution in [3.63, 3.8) is 0 Å². The third kappa shape index (κ3) is 5.85. The van der Waals surface area contributed by atoms with Gasteiger partial charge in [0.25, 0.3) is 0 Å². The molecule has 1 aromatic carbocycles. The molecule has 1 atom stereocenters. The molecule has 0 aliphatic carbocycles. The molecule has 1 rings (SSSR count). The van der Waals surface area contributed by atoms with Gasteiger partial charge in [-0.3, -0.25) is 0 Å². The molecule has 0 aromatic heterocycles. The maximum atomic E-state index is 6.47. The zero-order valence-electron chi connectivity index (χ0n) is 14.1. The Bertz CT molecular complexity index is 420. The van der Waals surface area contributed by atoms with E-state index in [1.807, 2.05) is 0 Å². The minimum absolute atomic E-state index is 0.292. The van der Waals surface area contributed by atoms with Gasteiger partial charge in [0.15, 0.2) is 0 Å². The van der Waals surface area contributed by atoms with E-state index in [0.717, 1.165) is 37.6 Å². The van der Waals surface area contributed by atoms with E-state index in [1.165, 1.54) is 11.3 Å². The van der Waals surface area contributed by atoms with Crippen LogP contribution in [0.3, 0.4) is 0 Å². The first kappa shape index (κ1) is 18.3. The predicted molar refractivity (Wildman–Crippen MR) is 94.6 cm³/mol. The number of anilines is 1. The zero-order valence-corrected chi connectivity index (χ0v) is 14.9. The lowest BCUT2D eigenvalue weighted by Gasteiger charge is -2.25. The smallest absolute Gasteiger partial charge is 0.0474 e. The van der Waals surface area contributed by atoms with Gasteiger partial charge in [-0.25, -0.2) is 0 Å². The number of nitrogens with one attached hydrogen (secondary N) is 1. The summed E-state index contributed by atoms with van der Waals surface area (Å²) < 4.78 is 0. The molecule has 0 saturated carbocycles. The van der Waals surface area contributed by atoms with Gasteiger partial charge in [-0.1, -0.05) is 24.6 Å². The van der Waals surface area contributed by atoms with Crippen molar-refractivity contribution in [2.45, 2.75) is 33.2 Å². The molecule has 0 spiro atoms. The van der Waals surface area contributed by atoms with Gasteiger partial charge in [-0.05, 0) is 65.1 Å². The standard InChI is InChI=1S/C17H30ClN3/c1-6-19-14(3)16-10-9-15(13-17(16)18)21(7-2)12-8-11-20(4)5/h9-10,13-14,19H,6-8,11-12H2,1-5H3. The van der Waals surface area contributed by atoms with Crippen LogP contribution in [0.2, 0.25) is 5.02 Å². The first-order valence-corrected chi connectivity index (χ1v) is 8.29. The van der Waals surface area contributed by atoms with E-state index < -0.39 is 0 Å². The van der Waals surface area contributed by atoms with Crippen LogP contribution < -0.4 is 10.2 Å². The zero-order chi connectivity index (χ0) is 15.8. The summed E-state index contributed by atoms with van der Waals surface area (Å²) in [5, 5.41) is 4.26. The van der Waals surface area contributed by atoms with Crippen LogP contribution in [0.25, 0.3) is 0 Å². The Hall–Kier alpha value is -0.770. The number of hydrogen-bond acceptors (Lipinski definition) is 3. The Morgan fingerprint density at radius 2 is 1.90 bits per heavy atom. The maximum Gasteiger partial charge on any atom is 0.0474 e. The topological polar surface area (TPSA) is 18.5 Å². The van der Waals surface area contributed by atoms with Gasteiger partial charge in [-0.2, -0.15) is 0 Å². The fourth-order valence-corrected chi connectivity index (χ4v) is 2.87. The fraction of sp³-hybridized carbons (Fsp3) is 0.647. The average Bonchev–Trinajstić information content (AvgIpc) is 2.43. The van der Waals surface area contributed by atoms with Gasteiger partial charge in [0.05, 0.1) is 0 Å². The molecule has 0 heterocycles. The highest BCUT2D eigenvalue weighted by atomic mass is 35.5. The van der Waals surface area contributed by atoms with E-state index in [9.17, 15) is 0 Å². The van der Waals surface area contributed by atoms with Crippen molar-refractivity contribution in [3.05, 3.63) is 28.8 Å². The Balaban J connectivity index is 2.75. The summed E-state index contributed by atoms with van der Waals surface area (Å²) in [4.78, 5) is 4.61. The van der Waals surface area contributed by atoms with Crippen LogP contribution in [0.4, 0.5) is 5.69 Å². The summed E-state index contributed by atoms with van der Waals surface area (Å²) in [5.74, 6) is 0. The average molecular weight is 312 g/mol. The third-order valence-corrected chi connectivity index (χ3v) is 4.07. The molecule has 0 saturated heterocycles. The highest BCUT2D eigenvalue weighted by Gasteiger charge is 2.11. The molecule has 0 fully saturated rings. The van der Waals surface area contributed by atoms with Crippen LogP contribution in [-0.4, -0.2) is 45.2 Å². The molecule has 1 unspecified atom stereocenters. The molecule has 0 bridgehead atoms. The van der Waals surface area contributed by atoms with Gasteiger partial charge >= 0.3 is 0 Å². The lowest BCUT2D eigenvalue weighted by Crippen LogP contribution is -2.27. The van der Waals surface area contributed by atoms with Gasteiger partial charge in [-0.15, -0.1) is 0 Å². The van der Waals surface area contributed by atoms with Crippen molar-refractivity contribution in [3.8, 4) is 0 Å². The predicted octanol–water partition coefficient (Wildman–Crippen LogP) is 3.79. The third-order valence-electron chi connectivity index (χ3n) is 3.74. The number of benzene rings is 1. The first-order valence-electron chi connectivity index (χ1n) is 7.92. The molecule has 1 aromatic rings. The number of nitrogens with zero attached hydrogens (tertiary/aromatic N) is 2. The minimum atomic E-state index is 0.292. The van der Waals surface area contributed by atoms with Crippen LogP contribution in [0, 0.1) is 0 Å². The van der Waals surface area contributed by atoms with Crippen LogP contribution in [-0.2, 0) is 0 Å². The van der Waals surface area contributed by atoms with Gasteiger partial charge in [0, 0.05) is 29.8 Å². The van der Waals surface area contributed by atoms with E-state index in [0.29, 0.717) is 6.04 Å². The Morgan fingerprint density at radius 3 is 2.43 bits per heavy atom. The molecule has 0 amide bonds. The van der Waals surface area contributed by atoms with Gasteiger partial charge < -0.3 is 15.1 Å². The molecule has 3 nitrogen and oxygen atoms in total. The highest BCUT2D eigenvalue weighted by Crippen LogP contribution is 2.28. The van der Waals surface area contributed by atoms with Crippen molar-refractivity contribution in [1.82, 2.24) is 10.2 Å². The lowest BCUT2D eigenvalue weighted by molar-refractivity contribution is 0.400. The van der Waals surface area contributed by atoms with Crippen molar-refractivity contribution < 1.29 is 0 Å². The summed E-state index contributed by atoms with van der Waals surface area (Å²) in [6, 6.07) is 6.73. The normalized spacial score (nSPS) is 12.7. The van der Waals surface area contributed by atoms with Crippen LogP contribution >= 0.6 is 11.6 Å². The second-order valence-corrected chi connectivity index (χ2v) is 6.13. The van der Waals surface area contributed by atoms with E-state index in [4.69, 9.17) is 11.6 Å². The Labute approximate surface area is 135 Å². The second kappa shape index (κ2) is 9.29. The molecular formula is C17H30ClN3. The fourth-order valence-electron chi connectivity index (χ4n) is 2.53. The number of rotatable bonds is 9. The van der Waals surface area contributed by atoms with E-state index in [-0.39, 0.29) is 0 Å². The maximum absolute atomic E-state index is 6.47. The molecule has 4 heteroatoms. The molecule has 1 N–H and O–H groups in total. The molecular weight excluding hydrogens is 282 g/mol. The molecule has 0 aliphatic rings. The summed E-state index contributed by atoms with van der Waals surface area (Å²) >= 11 is 6.47.